The van der Waals surface area contributed by atoms with Crippen LogP contribution >= 0.6 is 11.3 Å². The van der Waals surface area contributed by atoms with Crippen molar-refractivity contribution in [2.24, 2.45) is 0 Å². The zero-order valence-electron chi connectivity index (χ0n) is 10.6. The van der Waals surface area contributed by atoms with Gasteiger partial charge in [-0.05, 0) is 42.7 Å². The molecule has 0 saturated heterocycles. The summed E-state index contributed by atoms with van der Waals surface area (Å²) >= 11 is 1.74. The van der Waals surface area contributed by atoms with Gasteiger partial charge in [-0.2, -0.15) is 11.3 Å². The fraction of sp³-hybridized carbons (Fsp3) is 0.462. The first kappa shape index (κ1) is 12.2. The molecule has 0 bridgehead atoms. The lowest BCUT2D eigenvalue weighted by molar-refractivity contribution is 0.644. The number of anilines is 1. The molecule has 3 nitrogen and oxygen atoms in total. The first-order chi connectivity index (χ1) is 8.22. The van der Waals surface area contributed by atoms with Gasteiger partial charge in [0.05, 0.1) is 11.7 Å². The van der Waals surface area contributed by atoms with Gasteiger partial charge in [-0.1, -0.05) is 6.92 Å². The fourth-order valence-corrected chi connectivity index (χ4v) is 2.60. The minimum atomic E-state index is 0.335. The Morgan fingerprint density at radius 3 is 3.00 bits per heavy atom. The van der Waals surface area contributed by atoms with Crippen LogP contribution in [0.25, 0.3) is 0 Å². The summed E-state index contributed by atoms with van der Waals surface area (Å²) in [7, 11) is 0. The monoisotopic (exact) mass is 249 g/mol. The van der Waals surface area contributed by atoms with Gasteiger partial charge >= 0.3 is 0 Å². The second-order valence-electron chi connectivity index (χ2n) is 4.27. The van der Waals surface area contributed by atoms with Crippen LogP contribution in [-0.2, 0) is 0 Å². The smallest absolute Gasteiger partial charge is 0.203 e. The van der Waals surface area contributed by atoms with Gasteiger partial charge in [0, 0.05) is 12.7 Å². The van der Waals surface area contributed by atoms with E-state index in [1.54, 1.807) is 11.3 Å². The quantitative estimate of drug-likeness (QED) is 0.876. The average molecular weight is 249 g/mol. The van der Waals surface area contributed by atoms with Gasteiger partial charge in [-0.15, -0.1) is 0 Å². The number of hydrogen-bond donors (Lipinski definition) is 1. The predicted octanol–water partition coefficient (Wildman–Crippen LogP) is 3.68. The largest absolute Gasteiger partial charge is 0.356 e. The molecule has 1 N–H and O–H groups in total. The van der Waals surface area contributed by atoms with Crippen LogP contribution in [0.3, 0.4) is 0 Å². The maximum Gasteiger partial charge on any atom is 0.203 e. The molecule has 2 aromatic heterocycles. The van der Waals surface area contributed by atoms with Gasteiger partial charge in [-0.3, -0.25) is 0 Å². The number of aryl methyl sites for hydroxylation is 1. The van der Waals surface area contributed by atoms with Crippen molar-refractivity contribution in [1.29, 1.82) is 0 Å². The summed E-state index contributed by atoms with van der Waals surface area (Å²) in [6, 6.07) is 2.51. The topological polar surface area (TPSA) is 29.9 Å². The van der Waals surface area contributed by atoms with Crippen molar-refractivity contribution in [3.8, 4) is 0 Å². The summed E-state index contributed by atoms with van der Waals surface area (Å²) in [4.78, 5) is 4.53. The molecule has 0 radical (unpaired) electrons. The lowest BCUT2D eigenvalue weighted by Crippen LogP contribution is -2.11. The standard InChI is InChI=1S/C13H19N3S/c1-4-6-14-13-15-10(2)8-16(13)11(3)12-5-7-17-9-12/h5,7-9,11H,4,6H2,1-3H3,(H,14,15). The van der Waals surface area contributed by atoms with Gasteiger partial charge in [0.2, 0.25) is 5.95 Å². The van der Waals surface area contributed by atoms with Gasteiger partial charge in [-0.25, -0.2) is 4.98 Å². The first-order valence-electron chi connectivity index (χ1n) is 6.03. The zero-order chi connectivity index (χ0) is 12.3. The Morgan fingerprint density at radius 2 is 2.35 bits per heavy atom. The lowest BCUT2D eigenvalue weighted by Gasteiger charge is -2.15. The molecule has 0 aliphatic rings. The SMILES string of the molecule is CCCNc1nc(C)cn1C(C)c1ccsc1. The molecule has 0 amide bonds. The third kappa shape index (κ3) is 2.69. The van der Waals surface area contributed by atoms with Crippen molar-refractivity contribution < 1.29 is 0 Å². The molecule has 92 valence electrons. The van der Waals surface area contributed by atoms with Crippen molar-refractivity contribution in [2.45, 2.75) is 33.2 Å². The lowest BCUT2D eigenvalue weighted by atomic mass is 10.2. The summed E-state index contributed by atoms with van der Waals surface area (Å²) in [5.74, 6) is 0.975. The highest BCUT2D eigenvalue weighted by Gasteiger charge is 2.13. The number of thiophene rings is 1. The summed E-state index contributed by atoms with van der Waals surface area (Å²) in [5.41, 5.74) is 2.40. The number of nitrogens with one attached hydrogen (secondary N) is 1. The Labute approximate surface area is 107 Å². The van der Waals surface area contributed by atoms with Crippen LogP contribution in [-0.4, -0.2) is 16.1 Å². The Morgan fingerprint density at radius 1 is 1.53 bits per heavy atom. The number of imidazole rings is 1. The molecule has 0 spiro atoms. The van der Waals surface area contributed by atoms with Crippen LogP contribution in [0.1, 0.15) is 37.6 Å². The summed E-state index contributed by atoms with van der Waals surface area (Å²) in [6.07, 6.45) is 3.22. The molecular formula is C13H19N3S. The van der Waals surface area contributed by atoms with E-state index in [4.69, 9.17) is 0 Å². The Kier molecular flexibility index (Phi) is 3.84. The van der Waals surface area contributed by atoms with Gasteiger partial charge in [0.25, 0.3) is 0 Å². The van der Waals surface area contributed by atoms with Gasteiger partial charge in [0.15, 0.2) is 0 Å². The van der Waals surface area contributed by atoms with Gasteiger partial charge < -0.3 is 9.88 Å². The Balaban J connectivity index is 2.24. The average Bonchev–Trinajstić information content (AvgIpc) is 2.94. The predicted molar refractivity (Wildman–Crippen MR) is 73.9 cm³/mol. The fourth-order valence-electron chi connectivity index (χ4n) is 1.85. The zero-order valence-corrected chi connectivity index (χ0v) is 11.4. The highest BCUT2D eigenvalue weighted by atomic mass is 32.1. The number of rotatable bonds is 5. The molecular weight excluding hydrogens is 230 g/mol. The van der Waals surface area contributed by atoms with Crippen LogP contribution in [0.5, 0.6) is 0 Å². The molecule has 2 rings (SSSR count). The summed E-state index contributed by atoms with van der Waals surface area (Å²) in [5, 5.41) is 7.70. The van der Waals surface area contributed by atoms with Crippen LogP contribution < -0.4 is 5.32 Å². The molecule has 17 heavy (non-hydrogen) atoms. The molecule has 0 saturated carbocycles. The molecule has 1 unspecified atom stereocenters. The minimum Gasteiger partial charge on any atom is -0.356 e. The molecule has 2 heterocycles. The van der Waals surface area contributed by atoms with Crippen LogP contribution in [0.2, 0.25) is 0 Å². The van der Waals surface area contributed by atoms with E-state index in [9.17, 15) is 0 Å². The highest BCUT2D eigenvalue weighted by Crippen LogP contribution is 2.24. The van der Waals surface area contributed by atoms with E-state index in [-0.39, 0.29) is 0 Å². The molecule has 1 atom stereocenters. The molecule has 0 aliphatic carbocycles. The molecule has 4 heteroatoms. The van der Waals surface area contributed by atoms with E-state index in [0.29, 0.717) is 6.04 Å². The normalized spacial score (nSPS) is 12.6. The minimum absolute atomic E-state index is 0.335. The Bertz CT molecular complexity index is 459. The van der Waals surface area contributed by atoms with Crippen LogP contribution in [0.15, 0.2) is 23.0 Å². The van der Waals surface area contributed by atoms with Crippen molar-refractivity contribution in [3.63, 3.8) is 0 Å². The van der Waals surface area contributed by atoms with E-state index in [2.05, 4.69) is 51.7 Å². The highest BCUT2D eigenvalue weighted by molar-refractivity contribution is 7.07. The Hall–Kier alpha value is -1.29. The first-order valence-corrected chi connectivity index (χ1v) is 6.98. The van der Waals surface area contributed by atoms with E-state index in [1.807, 2.05) is 6.92 Å². The number of nitrogens with zero attached hydrogens (tertiary/aromatic N) is 2. The third-order valence-corrected chi connectivity index (χ3v) is 3.53. The molecule has 0 aliphatic heterocycles. The second kappa shape index (κ2) is 5.36. The van der Waals surface area contributed by atoms with Crippen molar-refractivity contribution in [3.05, 3.63) is 34.3 Å². The maximum absolute atomic E-state index is 4.53. The van der Waals surface area contributed by atoms with Crippen LogP contribution in [0, 0.1) is 6.92 Å². The third-order valence-electron chi connectivity index (χ3n) is 2.83. The number of aromatic nitrogens is 2. The van der Waals surface area contributed by atoms with Gasteiger partial charge in [0.1, 0.15) is 0 Å². The maximum atomic E-state index is 4.53. The molecule has 0 aromatic carbocycles. The van der Waals surface area contributed by atoms with Crippen molar-refractivity contribution in [1.82, 2.24) is 9.55 Å². The molecule has 0 fully saturated rings. The second-order valence-corrected chi connectivity index (χ2v) is 5.05. The van der Waals surface area contributed by atoms with E-state index < -0.39 is 0 Å². The summed E-state index contributed by atoms with van der Waals surface area (Å²) < 4.78 is 2.22. The van der Waals surface area contributed by atoms with E-state index >= 15 is 0 Å². The van der Waals surface area contributed by atoms with Crippen molar-refractivity contribution in [2.75, 3.05) is 11.9 Å². The van der Waals surface area contributed by atoms with Crippen LogP contribution in [0.4, 0.5) is 5.95 Å². The number of hydrogen-bond acceptors (Lipinski definition) is 3. The molecule has 2 aromatic rings. The van der Waals surface area contributed by atoms with Crippen molar-refractivity contribution >= 4 is 17.3 Å². The van der Waals surface area contributed by atoms with E-state index in [1.165, 1.54) is 5.56 Å². The summed E-state index contributed by atoms with van der Waals surface area (Å²) in [6.45, 7) is 7.37. The van der Waals surface area contributed by atoms with E-state index in [0.717, 1.165) is 24.6 Å².